The van der Waals surface area contributed by atoms with Crippen LogP contribution < -0.4 is 0 Å². The fraction of sp³-hybridized carbons (Fsp3) is 0.450. The molecule has 0 radical (unpaired) electrons. The molecule has 0 bridgehead atoms. The van der Waals surface area contributed by atoms with E-state index in [9.17, 15) is 4.79 Å². The topological polar surface area (TPSA) is 23.6 Å². The van der Waals surface area contributed by atoms with Crippen LogP contribution in [-0.2, 0) is 6.42 Å². The van der Waals surface area contributed by atoms with Gasteiger partial charge in [-0.3, -0.25) is 4.79 Å². The van der Waals surface area contributed by atoms with E-state index in [0.717, 1.165) is 43.2 Å². The molecule has 1 aliphatic heterocycles. The van der Waals surface area contributed by atoms with Crippen molar-refractivity contribution in [1.29, 1.82) is 0 Å². The van der Waals surface area contributed by atoms with E-state index in [1.165, 1.54) is 18.4 Å². The minimum atomic E-state index is 0.138. The van der Waals surface area contributed by atoms with Crippen molar-refractivity contribution < 1.29 is 4.79 Å². The number of piperidine rings is 1. The number of nitrogens with zero attached hydrogens (tertiary/aromatic N) is 2. The Morgan fingerprint density at radius 1 is 1.32 bits per heavy atom. The van der Waals surface area contributed by atoms with Crippen molar-refractivity contribution in [3.05, 3.63) is 57.2 Å². The summed E-state index contributed by atoms with van der Waals surface area (Å²) in [7, 11) is 1.92. The molecule has 2 aromatic rings. The Labute approximate surface area is 159 Å². The fourth-order valence-electron chi connectivity index (χ4n) is 3.52. The first kappa shape index (κ1) is 18.4. The summed E-state index contributed by atoms with van der Waals surface area (Å²) in [5.41, 5.74) is 2.14. The van der Waals surface area contributed by atoms with Crippen molar-refractivity contribution in [2.24, 2.45) is 5.92 Å². The molecule has 1 aromatic heterocycles. The average Bonchev–Trinajstić information content (AvgIpc) is 3.15. The smallest absolute Gasteiger partial charge is 0.254 e. The van der Waals surface area contributed by atoms with Gasteiger partial charge in [0.25, 0.3) is 5.91 Å². The molecule has 1 aromatic carbocycles. The largest absolute Gasteiger partial charge is 0.341 e. The lowest BCUT2D eigenvalue weighted by molar-refractivity contribution is 0.0731. The monoisotopic (exact) mass is 376 g/mol. The van der Waals surface area contributed by atoms with Crippen LogP contribution in [-0.4, -0.2) is 48.9 Å². The van der Waals surface area contributed by atoms with Gasteiger partial charge in [-0.15, -0.1) is 0 Å². The molecule has 1 amide bonds. The molecule has 1 aliphatic rings. The van der Waals surface area contributed by atoms with Gasteiger partial charge in [0.1, 0.15) is 0 Å². The standard InChI is InChI=1S/C20H25ClN2OS/c1-22(20(24)18-9-12-25-15-18)13-17-3-2-10-23(14-17)11-8-16-4-6-19(21)7-5-16/h4-7,9,12,15,17H,2-3,8,10-11,13-14H2,1H3/t17-/m0/s1. The molecule has 3 rings (SSSR count). The van der Waals surface area contributed by atoms with Gasteiger partial charge in [0, 0.05) is 37.1 Å². The number of likely N-dealkylation sites (tertiary alicyclic amines) is 1. The van der Waals surface area contributed by atoms with E-state index in [-0.39, 0.29) is 5.91 Å². The quantitative estimate of drug-likeness (QED) is 0.744. The Morgan fingerprint density at radius 3 is 2.84 bits per heavy atom. The Bertz CT molecular complexity index is 672. The highest BCUT2D eigenvalue weighted by Crippen LogP contribution is 2.19. The Kier molecular flexibility index (Phi) is 6.51. The lowest BCUT2D eigenvalue weighted by Gasteiger charge is -2.34. The molecule has 134 valence electrons. The van der Waals surface area contributed by atoms with Crippen LogP contribution in [0.5, 0.6) is 0 Å². The number of thiophene rings is 1. The summed E-state index contributed by atoms with van der Waals surface area (Å²) in [5.74, 6) is 0.700. The van der Waals surface area contributed by atoms with Gasteiger partial charge in [-0.2, -0.15) is 11.3 Å². The second kappa shape index (κ2) is 8.84. The van der Waals surface area contributed by atoms with E-state index < -0.39 is 0 Å². The third kappa shape index (κ3) is 5.30. The Morgan fingerprint density at radius 2 is 2.12 bits per heavy atom. The summed E-state index contributed by atoms with van der Waals surface area (Å²) in [4.78, 5) is 16.8. The number of benzene rings is 1. The summed E-state index contributed by atoms with van der Waals surface area (Å²) in [5, 5.41) is 4.68. The summed E-state index contributed by atoms with van der Waals surface area (Å²) in [6, 6.07) is 10.0. The van der Waals surface area contributed by atoms with Crippen LogP contribution in [0.4, 0.5) is 0 Å². The maximum absolute atomic E-state index is 12.4. The van der Waals surface area contributed by atoms with Gasteiger partial charge >= 0.3 is 0 Å². The van der Waals surface area contributed by atoms with Crippen LogP contribution in [0.3, 0.4) is 0 Å². The third-order valence-corrected chi connectivity index (χ3v) is 5.82. The molecule has 0 spiro atoms. The van der Waals surface area contributed by atoms with E-state index in [1.807, 2.05) is 40.9 Å². The van der Waals surface area contributed by atoms with Crippen LogP contribution in [0, 0.1) is 5.92 Å². The lowest BCUT2D eigenvalue weighted by Crippen LogP contribution is -2.42. The van der Waals surface area contributed by atoms with E-state index >= 15 is 0 Å². The molecular weight excluding hydrogens is 352 g/mol. The van der Waals surface area contributed by atoms with Crippen LogP contribution >= 0.6 is 22.9 Å². The number of hydrogen-bond donors (Lipinski definition) is 0. The molecular formula is C20H25ClN2OS. The minimum Gasteiger partial charge on any atom is -0.341 e. The second-order valence-corrected chi connectivity index (χ2v) is 8.10. The van der Waals surface area contributed by atoms with E-state index in [0.29, 0.717) is 5.92 Å². The third-order valence-electron chi connectivity index (χ3n) is 4.88. The number of carbonyl (C=O) groups excluding carboxylic acids is 1. The number of rotatable bonds is 6. The average molecular weight is 377 g/mol. The molecule has 1 saturated heterocycles. The first-order chi connectivity index (χ1) is 12.1. The van der Waals surface area contributed by atoms with E-state index in [1.54, 1.807) is 11.3 Å². The lowest BCUT2D eigenvalue weighted by atomic mass is 9.97. The van der Waals surface area contributed by atoms with Crippen molar-refractivity contribution in [2.75, 3.05) is 33.2 Å². The predicted octanol–water partition coefficient (Wildman–Crippen LogP) is 4.43. The number of hydrogen-bond acceptors (Lipinski definition) is 3. The van der Waals surface area contributed by atoms with Gasteiger partial charge in [0.15, 0.2) is 0 Å². The molecule has 0 N–H and O–H groups in total. The highest BCUT2D eigenvalue weighted by Gasteiger charge is 2.23. The first-order valence-corrected chi connectivity index (χ1v) is 10.2. The SMILES string of the molecule is CN(C[C@@H]1CCCN(CCc2ccc(Cl)cc2)C1)C(=O)c1ccsc1. The Balaban J connectivity index is 1.47. The van der Waals surface area contributed by atoms with E-state index in [4.69, 9.17) is 11.6 Å². The summed E-state index contributed by atoms with van der Waals surface area (Å²) < 4.78 is 0. The summed E-state index contributed by atoms with van der Waals surface area (Å²) in [6.45, 7) is 4.15. The van der Waals surface area contributed by atoms with Crippen molar-refractivity contribution >= 4 is 28.8 Å². The molecule has 0 unspecified atom stereocenters. The van der Waals surface area contributed by atoms with Gasteiger partial charge in [-0.05, 0) is 60.9 Å². The minimum absolute atomic E-state index is 0.138. The fourth-order valence-corrected chi connectivity index (χ4v) is 4.27. The normalized spacial score (nSPS) is 18.2. The summed E-state index contributed by atoms with van der Waals surface area (Å²) in [6.07, 6.45) is 3.47. The highest BCUT2D eigenvalue weighted by atomic mass is 35.5. The molecule has 1 atom stereocenters. The van der Waals surface area contributed by atoms with Gasteiger partial charge in [0.05, 0.1) is 5.56 Å². The van der Waals surface area contributed by atoms with Crippen LogP contribution in [0.25, 0.3) is 0 Å². The van der Waals surface area contributed by atoms with Crippen LogP contribution in [0.2, 0.25) is 5.02 Å². The first-order valence-electron chi connectivity index (χ1n) is 8.86. The molecule has 1 fully saturated rings. The maximum Gasteiger partial charge on any atom is 0.254 e. The maximum atomic E-state index is 12.4. The molecule has 0 aliphatic carbocycles. The molecule has 0 saturated carbocycles. The highest BCUT2D eigenvalue weighted by molar-refractivity contribution is 7.08. The molecule has 5 heteroatoms. The van der Waals surface area contributed by atoms with Crippen molar-refractivity contribution in [1.82, 2.24) is 9.80 Å². The Hall–Kier alpha value is -1.36. The summed E-state index contributed by atoms with van der Waals surface area (Å²) >= 11 is 7.52. The predicted molar refractivity (Wildman–Crippen MR) is 106 cm³/mol. The number of carbonyl (C=O) groups is 1. The number of halogens is 1. The van der Waals surface area contributed by atoms with Gasteiger partial charge in [-0.1, -0.05) is 23.7 Å². The van der Waals surface area contributed by atoms with Crippen molar-refractivity contribution in [2.45, 2.75) is 19.3 Å². The van der Waals surface area contributed by atoms with Gasteiger partial charge < -0.3 is 9.80 Å². The van der Waals surface area contributed by atoms with E-state index in [2.05, 4.69) is 17.0 Å². The second-order valence-electron chi connectivity index (χ2n) is 6.88. The number of amides is 1. The van der Waals surface area contributed by atoms with Gasteiger partial charge in [0.2, 0.25) is 0 Å². The van der Waals surface area contributed by atoms with Crippen molar-refractivity contribution in [3.8, 4) is 0 Å². The van der Waals surface area contributed by atoms with Crippen LogP contribution in [0.1, 0.15) is 28.8 Å². The molecule has 2 heterocycles. The zero-order valence-electron chi connectivity index (χ0n) is 14.7. The zero-order valence-corrected chi connectivity index (χ0v) is 16.2. The van der Waals surface area contributed by atoms with Crippen molar-refractivity contribution in [3.63, 3.8) is 0 Å². The molecule has 3 nitrogen and oxygen atoms in total. The van der Waals surface area contributed by atoms with Crippen LogP contribution in [0.15, 0.2) is 41.1 Å². The zero-order chi connectivity index (χ0) is 17.6. The molecule has 25 heavy (non-hydrogen) atoms. The van der Waals surface area contributed by atoms with Gasteiger partial charge in [-0.25, -0.2) is 0 Å².